The lowest BCUT2D eigenvalue weighted by atomic mass is 10.1. The Morgan fingerprint density at radius 1 is 1.41 bits per heavy atom. The summed E-state index contributed by atoms with van der Waals surface area (Å²) in [6.45, 7) is 1.38. The fourth-order valence-corrected chi connectivity index (χ4v) is 3.74. The number of aryl methyl sites for hydroxylation is 1. The Morgan fingerprint density at radius 3 is 2.91 bits per heavy atom. The van der Waals surface area contributed by atoms with Gasteiger partial charge in [-0.25, -0.2) is 0 Å². The van der Waals surface area contributed by atoms with Crippen LogP contribution in [-0.2, 0) is 24.2 Å². The molecule has 2 aliphatic rings. The summed E-state index contributed by atoms with van der Waals surface area (Å²) < 4.78 is 0. The van der Waals surface area contributed by atoms with Crippen LogP contribution < -0.4 is 5.73 Å². The van der Waals surface area contributed by atoms with Gasteiger partial charge >= 0.3 is 0 Å². The van der Waals surface area contributed by atoms with Gasteiger partial charge in [-0.2, -0.15) is 5.10 Å². The highest BCUT2D eigenvalue weighted by Gasteiger charge is 2.34. The zero-order valence-electron chi connectivity index (χ0n) is 13.6. The number of nitrogens with two attached hydrogens (primary N) is 1. The molecule has 0 unspecified atom stereocenters. The Hall–Kier alpha value is -1.40. The van der Waals surface area contributed by atoms with Crippen LogP contribution in [0.1, 0.15) is 42.6 Å². The number of carbonyl (C=O) groups is 1. The smallest absolute Gasteiger partial charge is 0.240 e. The molecule has 1 aliphatic heterocycles. The maximum absolute atomic E-state index is 12.7. The Balaban J connectivity index is 1.68. The number of hydrogen-bond donors (Lipinski definition) is 2. The SMILES string of the molecule is CN(Cc1n[nH]c2c1CCCCC2)C(=O)[C@@H]1C[C@H](N)CN1C. The van der Waals surface area contributed by atoms with Crippen molar-refractivity contribution >= 4 is 5.91 Å². The second-order valence-corrected chi connectivity index (χ2v) is 6.83. The first-order valence-corrected chi connectivity index (χ1v) is 8.32. The number of carbonyl (C=O) groups excluding carboxylic acids is 1. The number of likely N-dealkylation sites (tertiary alicyclic amines) is 1. The molecule has 22 heavy (non-hydrogen) atoms. The van der Waals surface area contributed by atoms with E-state index in [1.807, 2.05) is 14.1 Å². The Labute approximate surface area is 132 Å². The van der Waals surface area contributed by atoms with Gasteiger partial charge in [0.25, 0.3) is 0 Å². The van der Waals surface area contributed by atoms with E-state index in [4.69, 9.17) is 5.73 Å². The van der Waals surface area contributed by atoms with Crippen molar-refractivity contribution in [3.8, 4) is 0 Å². The van der Waals surface area contributed by atoms with E-state index < -0.39 is 0 Å². The lowest BCUT2D eigenvalue weighted by molar-refractivity contribution is -0.134. The van der Waals surface area contributed by atoms with Gasteiger partial charge in [0.2, 0.25) is 5.91 Å². The monoisotopic (exact) mass is 305 g/mol. The number of rotatable bonds is 3. The summed E-state index contributed by atoms with van der Waals surface area (Å²) in [5, 5.41) is 7.64. The highest BCUT2D eigenvalue weighted by atomic mass is 16.2. The minimum atomic E-state index is -0.0856. The van der Waals surface area contributed by atoms with E-state index in [2.05, 4.69) is 15.1 Å². The second kappa shape index (κ2) is 6.38. The molecule has 0 radical (unpaired) electrons. The summed E-state index contributed by atoms with van der Waals surface area (Å²) in [5.74, 6) is 0.154. The van der Waals surface area contributed by atoms with Gasteiger partial charge in [0.1, 0.15) is 0 Å². The first-order valence-electron chi connectivity index (χ1n) is 8.32. The first-order chi connectivity index (χ1) is 10.6. The third-order valence-electron chi connectivity index (χ3n) is 5.02. The molecule has 1 aromatic rings. The highest BCUT2D eigenvalue weighted by molar-refractivity contribution is 5.82. The largest absolute Gasteiger partial charge is 0.338 e. The zero-order valence-corrected chi connectivity index (χ0v) is 13.6. The van der Waals surface area contributed by atoms with Crippen molar-refractivity contribution in [2.24, 2.45) is 5.73 Å². The highest BCUT2D eigenvalue weighted by Crippen LogP contribution is 2.23. The van der Waals surface area contributed by atoms with Gasteiger partial charge in [0.15, 0.2) is 0 Å². The molecule has 1 aromatic heterocycles. The minimum absolute atomic E-state index is 0.0856. The van der Waals surface area contributed by atoms with Crippen LogP contribution in [0.4, 0.5) is 0 Å². The molecule has 6 heteroatoms. The van der Waals surface area contributed by atoms with Crippen LogP contribution in [0.5, 0.6) is 0 Å². The quantitative estimate of drug-likeness (QED) is 0.805. The van der Waals surface area contributed by atoms with Gasteiger partial charge in [-0.15, -0.1) is 0 Å². The van der Waals surface area contributed by atoms with E-state index in [1.54, 1.807) is 4.90 Å². The number of likely N-dealkylation sites (N-methyl/N-ethyl adjacent to an activating group) is 2. The van der Waals surface area contributed by atoms with Crippen molar-refractivity contribution in [1.29, 1.82) is 0 Å². The molecule has 6 nitrogen and oxygen atoms in total. The summed E-state index contributed by atoms with van der Waals surface area (Å²) in [7, 11) is 3.85. The van der Waals surface area contributed by atoms with Gasteiger partial charge in [-0.05, 0) is 44.7 Å². The van der Waals surface area contributed by atoms with E-state index >= 15 is 0 Å². The summed E-state index contributed by atoms with van der Waals surface area (Å²) >= 11 is 0. The molecule has 2 heterocycles. The van der Waals surface area contributed by atoms with E-state index in [0.717, 1.165) is 31.5 Å². The minimum Gasteiger partial charge on any atom is -0.338 e. The first kappa shape index (κ1) is 15.5. The molecule has 1 fully saturated rings. The summed E-state index contributed by atoms with van der Waals surface area (Å²) in [5.41, 5.74) is 9.62. The van der Waals surface area contributed by atoms with E-state index in [0.29, 0.717) is 6.54 Å². The van der Waals surface area contributed by atoms with Crippen molar-refractivity contribution in [1.82, 2.24) is 20.0 Å². The fraction of sp³-hybridized carbons (Fsp3) is 0.750. The Morgan fingerprint density at radius 2 is 2.18 bits per heavy atom. The average Bonchev–Trinajstić information content (AvgIpc) is 2.92. The summed E-state index contributed by atoms with van der Waals surface area (Å²) in [6.07, 6.45) is 6.64. The van der Waals surface area contributed by atoms with Crippen LogP contribution in [0.2, 0.25) is 0 Å². The molecule has 3 rings (SSSR count). The topological polar surface area (TPSA) is 78.2 Å². The standard InChI is InChI=1S/C16H27N5O/c1-20-9-11(17)8-15(20)16(22)21(2)10-14-12-6-4-3-5-7-13(12)18-19-14/h11,15H,3-10,17H2,1-2H3,(H,18,19)/t11-,15-/m0/s1. The number of H-pyrrole nitrogens is 1. The molecule has 0 saturated carbocycles. The number of hydrogen-bond acceptors (Lipinski definition) is 4. The van der Waals surface area contributed by atoms with Crippen LogP contribution in [0.3, 0.4) is 0 Å². The van der Waals surface area contributed by atoms with Crippen LogP contribution in [0.15, 0.2) is 0 Å². The van der Waals surface area contributed by atoms with Gasteiger partial charge < -0.3 is 10.6 Å². The molecule has 3 N–H and O–H groups in total. The van der Waals surface area contributed by atoms with Gasteiger partial charge in [0.05, 0.1) is 18.3 Å². The lowest BCUT2D eigenvalue weighted by Crippen LogP contribution is -2.42. The third-order valence-corrected chi connectivity index (χ3v) is 5.02. The molecule has 2 atom stereocenters. The van der Waals surface area contributed by atoms with E-state index in [1.165, 1.54) is 30.5 Å². The zero-order chi connectivity index (χ0) is 15.7. The fourth-order valence-electron chi connectivity index (χ4n) is 3.74. The van der Waals surface area contributed by atoms with E-state index in [9.17, 15) is 4.79 Å². The van der Waals surface area contributed by atoms with Gasteiger partial charge in [0, 0.05) is 25.3 Å². The second-order valence-electron chi connectivity index (χ2n) is 6.83. The van der Waals surface area contributed by atoms with Crippen molar-refractivity contribution in [3.05, 3.63) is 17.0 Å². The number of aromatic nitrogens is 2. The molecule has 1 aliphatic carbocycles. The van der Waals surface area contributed by atoms with Crippen molar-refractivity contribution < 1.29 is 4.79 Å². The van der Waals surface area contributed by atoms with Crippen molar-refractivity contribution in [2.75, 3.05) is 20.6 Å². The summed E-state index contributed by atoms with van der Waals surface area (Å²) in [4.78, 5) is 16.5. The maximum Gasteiger partial charge on any atom is 0.240 e. The predicted molar refractivity (Wildman–Crippen MR) is 85.3 cm³/mol. The number of fused-ring (bicyclic) bond motifs is 1. The molecule has 0 spiro atoms. The summed E-state index contributed by atoms with van der Waals surface area (Å²) in [6, 6.07) is 0.0200. The normalized spacial score (nSPS) is 25.8. The third kappa shape index (κ3) is 3.03. The molecule has 1 amide bonds. The number of nitrogens with one attached hydrogen (secondary N) is 1. The number of nitrogens with zero attached hydrogens (tertiary/aromatic N) is 3. The molecule has 0 bridgehead atoms. The molecule has 0 aromatic carbocycles. The van der Waals surface area contributed by atoms with Crippen LogP contribution in [0, 0.1) is 0 Å². The average molecular weight is 305 g/mol. The maximum atomic E-state index is 12.7. The molecular formula is C16H27N5O. The van der Waals surface area contributed by atoms with Gasteiger partial charge in [-0.1, -0.05) is 6.42 Å². The molecular weight excluding hydrogens is 278 g/mol. The van der Waals surface area contributed by atoms with Crippen LogP contribution in [0.25, 0.3) is 0 Å². The number of amides is 1. The van der Waals surface area contributed by atoms with E-state index in [-0.39, 0.29) is 18.0 Å². The number of aromatic amines is 1. The Kier molecular flexibility index (Phi) is 4.49. The molecule has 1 saturated heterocycles. The van der Waals surface area contributed by atoms with Gasteiger partial charge in [-0.3, -0.25) is 14.8 Å². The van der Waals surface area contributed by atoms with Crippen LogP contribution >= 0.6 is 0 Å². The Bertz CT molecular complexity index is 541. The van der Waals surface area contributed by atoms with Crippen molar-refractivity contribution in [2.45, 2.75) is 57.2 Å². The molecule has 122 valence electrons. The predicted octanol–water partition coefficient (Wildman–Crippen LogP) is 0.668. The lowest BCUT2D eigenvalue weighted by Gasteiger charge is -2.24. The van der Waals surface area contributed by atoms with Crippen molar-refractivity contribution in [3.63, 3.8) is 0 Å². The van der Waals surface area contributed by atoms with Crippen LogP contribution in [-0.4, -0.2) is 58.6 Å².